The third-order valence-corrected chi connectivity index (χ3v) is 2.20. The standard InChI is InChI=1S/C12H17N5O/c1-12(2,3)16-11(18)8-13-9-5-7-17-10(15-9)4-6-14-17/h4-7H,8H2,1-3H3,(H,13,15)(H,16,18). The lowest BCUT2D eigenvalue weighted by Gasteiger charge is -2.20. The second-order valence-electron chi connectivity index (χ2n) is 5.10. The Hall–Kier alpha value is -2.11. The van der Waals surface area contributed by atoms with Crippen LogP contribution in [0.2, 0.25) is 0 Å². The molecule has 0 fully saturated rings. The van der Waals surface area contributed by atoms with Crippen LogP contribution in [0.5, 0.6) is 0 Å². The van der Waals surface area contributed by atoms with Crippen molar-refractivity contribution in [3.63, 3.8) is 0 Å². The average molecular weight is 247 g/mol. The molecule has 0 atom stereocenters. The SMILES string of the molecule is CC(C)(C)NC(=O)CNc1ccn2nccc2n1. The number of nitrogens with zero attached hydrogens (tertiary/aromatic N) is 3. The van der Waals surface area contributed by atoms with Crippen molar-refractivity contribution in [3.05, 3.63) is 24.5 Å². The molecule has 2 aromatic heterocycles. The molecule has 0 saturated carbocycles. The van der Waals surface area contributed by atoms with E-state index in [1.165, 1.54) is 0 Å². The number of carbonyl (C=O) groups excluding carboxylic acids is 1. The molecule has 0 aromatic carbocycles. The van der Waals surface area contributed by atoms with Crippen molar-refractivity contribution < 1.29 is 4.79 Å². The highest BCUT2D eigenvalue weighted by Gasteiger charge is 2.13. The maximum absolute atomic E-state index is 11.6. The summed E-state index contributed by atoms with van der Waals surface area (Å²) in [5.74, 6) is 0.602. The fourth-order valence-electron chi connectivity index (χ4n) is 1.54. The zero-order valence-electron chi connectivity index (χ0n) is 10.8. The van der Waals surface area contributed by atoms with Crippen LogP contribution in [-0.4, -0.2) is 32.6 Å². The summed E-state index contributed by atoms with van der Waals surface area (Å²) >= 11 is 0. The van der Waals surface area contributed by atoms with Gasteiger partial charge in [0.2, 0.25) is 5.91 Å². The molecule has 0 aliphatic heterocycles. The second kappa shape index (κ2) is 4.64. The van der Waals surface area contributed by atoms with Gasteiger partial charge in [-0.1, -0.05) is 0 Å². The van der Waals surface area contributed by atoms with Gasteiger partial charge in [-0.25, -0.2) is 9.50 Å². The van der Waals surface area contributed by atoms with Crippen LogP contribution in [0.15, 0.2) is 24.5 Å². The number of anilines is 1. The summed E-state index contributed by atoms with van der Waals surface area (Å²) in [6.45, 7) is 6.04. The molecule has 2 heterocycles. The van der Waals surface area contributed by atoms with Crippen molar-refractivity contribution in [1.29, 1.82) is 0 Å². The van der Waals surface area contributed by atoms with E-state index in [-0.39, 0.29) is 18.0 Å². The predicted octanol–water partition coefficient (Wildman–Crippen LogP) is 1.06. The smallest absolute Gasteiger partial charge is 0.239 e. The van der Waals surface area contributed by atoms with E-state index in [0.717, 1.165) is 5.65 Å². The highest BCUT2D eigenvalue weighted by atomic mass is 16.2. The Kier molecular flexibility index (Phi) is 3.18. The fourth-order valence-corrected chi connectivity index (χ4v) is 1.54. The highest BCUT2D eigenvalue weighted by Crippen LogP contribution is 2.05. The Bertz CT molecular complexity index is 555. The minimum Gasteiger partial charge on any atom is -0.361 e. The molecule has 0 radical (unpaired) electrons. The van der Waals surface area contributed by atoms with E-state index in [2.05, 4.69) is 20.7 Å². The van der Waals surface area contributed by atoms with Crippen LogP contribution in [0, 0.1) is 0 Å². The highest BCUT2D eigenvalue weighted by molar-refractivity contribution is 5.81. The zero-order valence-corrected chi connectivity index (χ0v) is 10.8. The van der Waals surface area contributed by atoms with Crippen LogP contribution in [-0.2, 0) is 4.79 Å². The Labute approximate surface area is 105 Å². The average Bonchev–Trinajstić information content (AvgIpc) is 2.71. The van der Waals surface area contributed by atoms with E-state index in [4.69, 9.17) is 0 Å². The first kappa shape index (κ1) is 12.3. The molecule has 2 N–H and O–H groups in total. The molecule has 0 aliphatic carbocycles. The number of aromatic nitrogens is 3. The van der Waals surface area contributed by atoms with E-state index in [1.54, 1.807) is 29.0 Å². The summed E-state index contributed by atoms with van der Waals surface area (Å²) in [6.07, 6.45) is 3.48. The number of hydrogen-bond acceptors (Lipinski definition) is 4. The van der Waals surface area contributed by atoms with Gasteiger partial charge in [0.15, 0.2) is 5.65 Å². The molecule has 0 aliphatic rings. The van der Waals surface area contributed by atoms with Gasteiger partial charge in [-0.15, -0.1) is 0 Å². The first-order chi connectivity index (χ1) is 8.44. The molecule has 0 saturated heterocycles. The molecular formula is C12H17N5O. The lowest BCUT2D eigenvalue weighted by molar-refractivity contribution is -0.120. The molecule has 1 amide bonds. The van der Waals surface area contributed by atoms with Gasteiger partial charge in [0.25, 0.3) is 0 Å². The molecule has 6 nitrogen and oxygen atoms in total. The van der Waals surface area contributed by atoms with Gasteiger partial charge in [-0.3, -0.25) is 4.79 Å². The summed E-state index contributed by atoms with van der Waals surface area (Å²) in [6, 6.07) is 3.59. The quantitative estimate of drug-likeness (QED) is 0.850. The largest absolute Gasteiger partial charge is 0.361 e. The van der Waals surface area contributed by atoms with Crippen LogP contribution >= 0.6 is 0 Å². The van der Waals surface area contributed by atoms with Gasteiger partial charge in [0, 0.05) is 17.8 Å². The predicted molar refractivity (Wildman–Crippen MR) is 69.4 cm³/mol. The van der Waals surface area contributed by atoms with E-state index < -0.39 is 0 Å². The van der Waals surface area contributed by atoms with Crippen LogP contribution in [0.4, 0.5) is 5.82 Å². The minimum absolute atomic E-state index is 0.0577. The molecule has 0 unspecified atom stereocenters. The lowest BCUT2D eigenvalue weighted by Crippen LogP contribution is -2.43. The molecule has 96 valence electrons. The van der Waals surface area contributed by atoms with Crippen molar-refractivity contribution in [2.45, 2.75) is 26.3 Å². The van der Waals surface area contributed by atoms with Crippen LogP contribution in [0.25, 0.3) is 5.65 Å². The molecule has 6 heteroatoms. The number of nitrogens with one attached hydrogen (secondary N) is 2. The van der Waals surface area contributed by atoms with Gasteiger partial charge in [-0.2, -0.15) is 5.10 Å². The maximum Gasteiger partial charge on any atom is 0.239 e. The summed E-state index contributed by atoms with van der Waals surface area (Å²) in [5, 5.41) is 9.91. The number of rotatable bonds is 3. The molecule has 2 rings (SSSR count). The van der Waals surface area contributed by atoms with E-state index in [9.17, 15) is 4.79 Å². The van der Waals surface area contributed by atoms with E-state index in [0.29, 0.717) is 5.82 Å². The Morgan fingerprint density at radius 3 is 2.89 bits per heavy atom. The molecule has 0 spiro atoms. The van der Waals surface area contributed by atoms with Crippen molar-refractivity contribution in [2.75, 3.05) is 11.9 Å². The molecule has 2 aromatic rings. The Morgan fingerprint density at radius 1 is 1.39 bits per heavy atom. The molecule has 0 bridgehead atoms. The normalized spacial score (nSPS) is 11.5. The fraction of sp³-hybridized carbons (Fsp3) is 0.417. The van der Waals surface area contributed by atoms with Gasteiger partial charge in [-0.05, 0) is 26.8 Å². The molecular weight excluding hydrogens is 230 g/mol. The van der Waals surface area contributed by atoms with Crippen LogP contribution in [0.1, 0.15) is 20.8 Å². The maximum atomic E-state index is 11.6. The first-order valence-electron chi connectivity index (χ1n) is 5.79. The number of hydrogen-bond donors (Lipinski definition) is 2. The zero-order chi connectivity index (χ0) is 13.2. The first-order valence-corrected chi connectivity index (χ1v) is 5.79. The topological polar surface area (TPSA) is 71.3 Å². The third kappa shape index (κ3) is 3.19. The van der Waals surface area contributed by atoms with Gasteiger partial charge >= 0.3 is 0 Å². The molecule has 18 heavy (non-hydrogen) atoms. The van der Waals surface area contributed by atoms with Gasteiger partial charge in [0.05, 0.1) is 12.7 Å². The monoisotopic (exact) mass is 247 g/mol. The lowest BCUT2D eigenvalue weighted by atomic mass is 10.1. The minimum atomic E-state index is -0.221. The van der Waals surface area contributed by atoms with Crippen LogP contribution < -0.4 is 10.6 Å². The summed E-state index contributed by atoms with van der Waals surface area (Å²) in [5.41, 5.74) is 0.526. The van der Waals surface area contributed by atoms with Crippen molar-refractivity contribution in [1.82, 2.24) is 19.9 Å². The Balaban J connectivity index is 1.95. The van der Waals surface area contributed by atoms with Gasteiger partial charge < -0.3 is 10.6 Å². The van der Waals surface area contributed by atoms with Crippen LogP contribution in [0.3, 0.4) is 0 Å². The summed E-state index contributed by atoms with van der Waals surface area (Å²) < 4.78 is 1.67. The van der Waals surface area contributed by atoms with Crippen molar-refractivity contribution in [2.24, 2.45) is 0 Å². The van der Waals surface area contributed by atoms with E-state index in [1.807, 2.05) is 20.8 Å². The number of carbonyl (C=O) groups is 1. The summed E-state index contributed by atoms with van der Waals surface area (Å²) in [7, 11) is 0. The number of amides is 1. The summed E-state index contributed by atoms with van der Waals surface area (Å²) in [4.78, 5) is 15.9. The second-order valence-corrected chi connectivity index (χ2v) is 5.10. The third-order valence-electron chi connectivity index (χ3n) is 2.20. The van der Waals surface area contributed by atoms with Gasteiger partial charge in [0.1, 0.15) is 5.82 Å². The number of fused-ring (bicyclic) bond motifs is 1. The Morgan fingerprint density at radius 2 is 2.17 bits per heavy atom. The van der Waals surface area contributed by atoms with E-state index >= 15 is 0 Å². The van der Waals surface area contributed by atoms with Crippen molar-refractivity contribution in [3.8, 4) is 0 Å². The van der Waals surface area contributed by atoms with Crippen molar-refractivity contribution >= 4 is 17.4 Å².